The lowest BCUT2D eigenvalue weighted by molar-refractivity contribution is 1.67. The van der Waals surface area contributed by atoms with Gasteiger partial charge in [0.2, 0.25) is 0 Å². The predicted molar refractivity (Wildman–Crippen MR) is 59.7 cm³/mol. The molecule has 0 N–H and O–H groups in total. The Hall–Kier alpha value is -1.08. The van der Waals surface area contributed by atoms with E-state index in [2.05, 4.69) is 37.4 Å². The summed E-state index contributed by atoms with van der Waals surface area (Å²) in [6.45, 7) is 7.54. The van der Waals surface area contributed by atoms with Crippen molar-refractivity contribution >= 4 is 20.8 Å². The van der Waals surface area contributed by atoms with E-state index in [9.17, 15) is 0 Å². The fraction of sp³-hybridized carbons (Fsp3) is 0.0909. The molecule has 1 rings (SSSR count). The molecule has 0 fully saturated rings. The van der Waals surface area contributed by atoms with Crippen molar-refractivity contribution in [3.8, 4) is 0 Å². The summed E-state index contributed by atoms with van der Waals surface area (Å²) in [4.78, 5) is 0. The van der Waals surface area contributed by atoms with Gasteiger partial charge in [-0.3, -0.25) is 0 Å². The van der Waals surface area contributed by atoms with Gasteiger partial charge in [0.25, 0.3) is 0 Å². The third-order valence-corrected chi connectivity index (χ3v) is 3.77. The summed E-state index contributed by atoms with van der Waals surface area (Å²) in [5.74, 6) is 0. The third kappa shape index (κ3) is 2.21. The Morgan fingerprint density at radius 1 is 1.25 bits per heavy atom. The number of benzene rings is 1. The van der Waals surface area contributed by atoms with Gasteiger partial charge >= 0.3 is 0 Å². The molecule has 0 aliphatic rings. The maximum Gasteiger partial charge on any atom is 0.0592 e. The van der Waals surface area contributed by atoms with Crippen LogP contribution in [0.25, 0.3) is 6.08 Å². The quantitative estimate of drug-likeness (QED) is 0.482. The summed E-state index contributed by atoms with van der Waals surface area (Å²) in [5, 5.41) is 1.49. The highest BCUT2D eigenvalue weighted by Gasteiger charge is 1.95. The van der Waals surface area contributed by atoms with Gasteiger partial charge in [-0.1, -0.05) is 48.2 Å². The van der Waals surface area contributed by atoms with E-state index in [0.717, 1.165) is 0 Å². The van der Waals surface area contributed by atoms with Crippen LogP contribution in [-0.2, 0) is 0 Å². The Balaban J connectivity index is 2.81. The first-order valence-corrected chi connectivity index (χ1v) is 5.90. The van der Waals surface area contributed by atoms with Crippen molar-refractivity contribution in [2.75, 3.05) is 0 Å². The zero-order valence-corrected chi connectivity index (χ0v) is 8.71. The molecule has 0 nitrogen and oxygen atoms in total. The average molecular weight is 174 g/mol. The fourth-order valence-corrected chi connectivity index (χ4v) is 2.59. The normalized spacial score (nSPS) is 10.3. The summed E-state index contributed by atoms with van der Waals surface area (Å²) < 4.78 is 0. The standard InChI is InChI=1S/C11H14Si/c1-3-9-12-11-8-6-5-7-10(11)4-2/h3-8H,1-2,9,12H2. The molecule has 1 heteroatoms. The molecule has 0 heterocycles. The maximum absolute atomic E-state index is 3.80. The van der Waals surface area contributed by atoms with E-state index in [1.165, 1.54) is 16.8 Å². The van der Waals surface area contributed by atoms with Crippen LogP contribution >= 0.6 is 0 Å². The smallest absolute Gasteiger partial charge is 0.0592 e. The molecule has 0 amide bonds. The van der Waals surface area contributed by atoms with Crippen molar-refractivity contribution in [3.63, 3.8) is 0 Å². The zero-order valence-electron chi connectivity index (χ0n) is 7.29. The number of hydrogen-bond acceptors (Lipinski definition) is 0. The summed E-state index contributed by atoms with van der Waals surface area (Å²) in [7, 11) is -0.141. The van der Waals surface area contributed by atoms with Gasteiger partial charge in [0.1, 0.15) is 0 Å². The van der Waals surface area contributed by atoms with Crippen LogP contribution in [-0.4, -0.2) is 9.52 Å². The Bertz CT molecular complexity index is 276. The number of allylic oxidation sites excluding steroid dienone is 1. The van der Waals surface area contributed by atoms with Crippen molar-refractivity contribution in [1.82, 2.24) is 0 Å². The second kappa shape index (κ2) is 4.73. The lowest BCUT2D eigenvalue weighted by Crippen LogP contribution is -2.15. The van der Waals surface area contributed by atoms with E-state index in [4.69, 9.17) is 0 Å². The summed E-state index contributed by atoms with van der Waals surface area (Å²) >= 11 is 0. The minimum atomic E-state index is -0.141. The van der Waals surface area contributed by atoms with Gasteiger partial charge in [-0.25, -0.2) is 0 Å². The van der Waals surface area contributed by atoms with Gasteiger partial charge in [0.15, 0.2) is 0 Å². The highest BCUT2D eigenvalue weighted by Crippen LogP contribution is 1.97. The third-order valence-electron chi connectivity index (χ3n) is 1.89. The molecule has 12 heavy (non-hydrogen) atoms. The van der Waals surface area contributed by atoms with E-state index in [1.54, 1.807) is 0 Å². The van der Waals surface area contributed by atoms with Crippen LogP contribution in [0.2, 0.25) is 6.04 Å². The SMILES string of the molecule is C=CC[SiH2]c1ccccc1C=C. The Kier molecular flexibility index (Phi) is 3.55. The van der Waals surface area contributed by atoms with Gasteiger partial charge in [0.05, 0.1) is 9.52 Å². The van der Waals surface area contributed by atoms with Crippen molar-refractivity contribution in [1.29, 1.82) is 0 Å². The number of hydrogen-bond donors (Lipinski definition) is 0. The van der Waals surface area contributed by atoms with Gasteiger partial charge < -0.3 is 0 Å². The van der Waals surface area contributed by atoms with Crippen LogP contribution < -0.4 is 5.19 Å². The molecule has 0 aliphatic heterocycles. The molecule has 0 radical (unpaired) electrons. The van der Waals surface area contributed by atoms with Crippen molar-refractivity contribution in [2.45, 2.75) is 6.04 Å². The predicted octanol–water partition coefficient (Wildman–Crippen LogP) is 1.73. The van der Waals surface area contributed by atoms with E-state index < -0.39 is 0 Å². The molecule has 1 aromatic rings. The minimum Gasteiger partial charge on any atom is -0.103 e. The molecule has 0 aromatic heterocycles. The van der Waals surface area contributed by atoms with E-state index in [1.807, 2.05) is 12.2 Å². The van der Waals surface area contributed by atoms with Crippen LogP contribution in [0.15, 0.2) is 43.5 Å². The van der Waals surface area contributed by atoms with Crippen LogP contribution in [0.5, 0.6) is 0 Å². The van der Waals surface area contributed by atoms with Crippen molar-refractivity contribution in [2.24, 2.45) is 0 Å². The highest BCUT2D eigenvalue weighted by molar-refractivity contribution is 6.54. The van der Waals surface area contributed by atoms with Crippen molar-refractivity contribution < 1.29 is 0 Å². The van der Waals surface area contributed by atoms with E-state index in [0.29, 0.717) is 0 Å². The lowest BCUT2D eigenvalue weighted by Gasteiger charge is -2.02. The van der Waals surface area contributed by atoms with E-state index >= 15 is 0 Å². The van der Waals surface area contributed by atoms with Gasteiger partial charge in [-0.2, -0.15) is 0 Å². The summed E-state index contributed by atoms with van der Waals surface area (Å²) in [6.07, 6.45) is 3.94. The Morgan fingerprint density at radius 2 is 2.00 bits per heavy atom. The first-order chi connectivity index (χ1) is 5.88. The van der Waals surface area contributed by atoms with Gasteiger partial charge in [0, 0.05) is 0 Å². The molecular formula is C11H14Si. The lowest BCUT2D eigenvalue weighted by atomic mass is 10.2. The molecule has 0 bridgehead atoms. The molecule has 0 unspecified atom stereocenters. The largest absolute Gasteiger partial charge is 0.103 e. The van der Waals surface area contributed by atoms with E-state index in [-0.39, 0.29) is 9.52 Å². The Morgan fingerprint density at radius 3 is 2.67 bits per heavy atom. The van der Waals surface area contributed by atoms with Gasteiger partial charge in [-0.05, 0) is 11.6 Å². The Labute approximate surface area is 76.5 Å². The first kappa shape index (κ1) is 9.01. The molecule has 1 aromatic carbocycles. The minimum absolute atomic E-state index is 0.141. The highest BCUT2D eigenvalue weighted by atomic mass is 28.2. The molecule has 62 valence electrons. The topological polar surface area (TPSA) is 0 Å². The van der Waals surface area contributed by atoms with Crippen LogP contribution in [0.4, 0.5) is 0 Å². The average Bonchev–Trinajstić information content (AvgIpc) is 2.15. The number of rotatable bonds is 4. The summed E-state index contributed by atoms with van der Waals surface area (Å²) in [6, 6.07) is 9.65. The molecule has 0 saturated carbocycles. The molecule has 0 atom stereocenters. The van der Waals surface area contributed by atoms with Gasteiger partial charge in [-0.15, -0.1) is 6.58 Å². The zero-order chi connectivity index (χ0) is 8.81. The van der Waals surface area contributed by atoms with Crippen LogP contribution in [0.3, 0.4) is 0 Å². The molecule has 0 saturated heterocycles. The monoisotopic (exact) mass is 174 g/mol. The van der Waals surface area contributed by atoms with Crippen LogP contribution in [0, 0.1) is 0 Å². The van der Waals surface area contributed by atoms with Crippen molar-refractivity contribution in [3.05, 3.63) is 49.1 Å². The second-order valence-electron chi connectivity index (χ2n) is 2.73. The molecule has 0 spiro atoms. The molecule has 0 aliphatic carbocycles. The fourth-order valence-electron chi connectivity index (χ4n) is 1.22. The summed E-state index contributed by atoms with van der Waals surface area (Å²) in [5.41, 5.74) is 1.30. The van der Waals surface area contributed by atoms with Crippen LogP contribution in [0.1, 0.15) is 5.56 Å². The molecular weight excluding hydrogens is 160 g/mol. The first-order valence-electron chi connectivity index (χ1n) is 4.19. The second-order valence-corrected chi connectivity index (χ2v) is 4.57. The maximum atomic E-state index is 3.80.